The molecule has 0 saturated heterocycles. The molecule has 0 bridgehead atoms. The van der Waals surface area contributed by atoms with Crippen molar-refractivity contribution in [1.82, 2.24) is 4.98 Å². The van der Waals surface area contributed by atoms with Crippen LogP contribution in [-0.2, 0) is 6.42 Å². The minimum Gasteiger partial charge on any atom is -0.497 e. The Hall–Kier alpha value is -2.13. The molecule has 0 radical (unpaired) electrons. The van der Waals surface area contributed by atoms with E-state index in [4.69, 9.17) is 4.74 Å². The summed E-state index contributed by atoms with van der Waals surface area (Å²) in [4.78, 5) is 5.80. The van der Waals surface area contributed by atoms with Gasteiger partial charge in [0.15, 0.2) is 0 Å². The number of benzene rings is 2. The first-order chi connectivity index (χ1) is 9.85. The largest absolute Gasteiger partial charge is 0.497 e. The molecule has 1 heterocycles. The van der Waals surface area contributed by atoms with E-state index >= 15 is 0 Å². The Morgan fingerprint density at radius 1 is 1.00 bits per heavy atom. The van der Waals surface area contributed by atoms with E-state index in [0.717, 1.165) is 22.7 Å². The Labute approximate surface area is 122 Å². The van der Waals surface area contributed by atoms with Gasteiger partial charge in [-0.3, -0.25) is 0 Å². The smallest absolute Gasteiger partial charge is 0.123 e. The molecule has 0 unspecified atom stereocenters. The van der Waals surface area contributed by atoms with Gasteiger partial charge in [0.05, 0.1) is 7.11 Å². The maximum absolute atomic E-state index is 5.17. The van der Waals surface area contributed by atoms with Crippen LogP contribution in [0.2, 0.25) is 0 Å². The summed E-state index contributed by atoms with van der Waals surface area (Å²) in [5.74, 6) is 0.870. The fourth-order valence-corrected chi connectivity index (χ4v) is 3.01. The second kappa shape index (κ2) is 5.88. The van der Waals surface area contributed by atoms with Gasteiger partial charge >= 0.3 is 0 Å². The second-order valence-electron chi connectivity index (χ2n) is 4.52. The number of hydrogen-bond donors (Lipinski definition) is 0. The van der Waals surface area contributed by atoms with E-state index in [1.807, 2.05) is 36.5 Å². The average molecular weight is 281 g/mol. The highest BCUT2D eigenvalue weighted by Gasteiger charge is 2.05. The summed E-state index contributed by atoms with van der Waals surface area (Å²) < 4.78 is 5.17. The van der Waals surface area contributed by atoms with Gasteiger partial charge < -0.3 is 4.74 Å². The predicted octanol–water partition coefficient (Wildman–Crippen LogP) is 4.41. The highest BCUT2D eigenvalue weighted by atomic mass is 32.1. The zero-order chi connectivity index (χ0) is 13.8. The van der Waals surface area contributed by atoms with Gasteiger partial charge in [0.1, 0.15) is 10.8 Å². The molecule has 3 rings (SSSR count). The SMILES string of the molecule is COc1ccc(-c2ncc(Cc3ccccc3)s2)cc1. The van der Waals surface area contributed by atoms with Crippen molar-refractivity contribution in [3.05, 3.63) is 71.2 Å². The maximum Gasteiger partial charge on any atom is 0.123 e. The number of rotatable bonds is 4. The lowest BCUT2D eigenvalue weighted by Crippen LogP contribution is -1.82. The molecule has 3 aromatic rings. The molecule has 20 heavy (non-hydrogen) atoms. The molecule has 1 aromatic heterocycles. The third-order valence-corrected chi connectivity index (χ3v) is 4.16. The molecule has 0 aliphatic carbocycles. The third kappa shape index (κ3) is 2.89. The van der Waals surface area contributed by atoms with Crippen molar-refractivity contribution < 1.29 is 4.74 Å². The zero-order valence-electron chi connectivity index (χ0n) is 11.2. The van der Waals surface area contributed by atoms with Gasteiger partial charge in [-0.25, -0.2) is 4.98 Å². The molecule has 0 N–H and O–H groups in total. The molecule has 2 aromatic carbocycles. The molecule has 2 nitrogen and oxygen atoms in total. The monoisotopic (exact) mass is 281 g/mol. The van der Waals surface area contributed by atoms with E-state index < -0.39 is 0 Å². The lowest BCUT2D eigenvalue weighted by Gasteiger charge is -2.00. The Kier molecular flexibility index (Phi) is 3.79. The van der Waals surface area contributed by atoms with Gasteiger partial charge in [0.25, 0.3) is 0 Å². The van der Waals surface area contributed by atoms with Gasteiger partial charge in [-0.15, -0.1) is 11.3 Å². The van der Waals surface area contributed by atoms with Crippen LogP contribution in [0.5, 0.6) is 5.75 Å². The van der Waals surface area contributed by atoms with Crippen LogP contribution in [0, 0.1) is 0 Å². The topological polar surface area (TPSA) is 22.1 Å². The van der Waals surface area contributed by atoms with Crippen LogP contribution in [0.3, 0.4) is 0 Å². The maximum atomic E-state index is 5.17. The highest BCUT2D eigenvalue weighted by Crippen LogP contribution is 2.27. The minimum absolute atomic E-state index is 0.870. The van der Waals surface area contributed by atoms with E-state index in [1.54, 1.807) is 18.4 Å². The van der Waals surface area contributed by atoms with Crippen LogP contribution >= 0.6 is 11.3 Å². The Balaban J connectivity index is 1.79. The van der Waals surface area contributed by atoms with Crippen molar-refractivity contribution in [3.63, 3.8) is 0 Å². The molecule has 0 aliphatic rings. The molecule has 100 valence electrons. The van der Waals surface area contributed by atoms with Gasteiger partial charge in [-0.05, 0) is 29.8 Å². The number of thiazole rings is 1. The first-order valence-electron chi connectivity index (χ1n) is 6.48. The van der Waals surface area contributed by atoms with Gasteiger partial charge in [0.2, 0.25) is 0 Å². The average Bonchev–Trinajstić information content (AvgIpc) is 2.97. The summed E-state index contributed by atoms with van der Waals surface area (Å²) in [6.45, 7) is 0. The quantitative estimate of drug-likeness (QED) is 0.706. The summed E-state index contributed by atoms with van der Waals surface area (Å²) in [6.07, 6.45) is 2.91. The minimum atomic E-state index is 0.870. The number of ether oxygens (including phenoxy) is 1. The van der Waals surface area contributed by atoms with Crippen LogP contribution in [0.15, 0.2) is 60.8 Å². The Morgan fingerprint density at radius 3 is 2.45 bits per heavy atom. The van der Waals surface area contributed by atoms with Gasteiger partial charge in [-0.2, -0.15) is 0 Å². The van der Waals surface area contributed by atoms with E-state index in [9.17, 15) is 0 Å². The van der Waals surface area contributed by atoms with Crippen molar-refractivity contribution in [3.8, 4) is 16.3 Å². The summed E-state index contributed by atoms with van der Waals surface area (Å²) in [5, 5.41) is 1.05. The van der Waals surface area contributed by atoms with Crippen molar-refractivity contribution in [2.24, 2.45) is 0 Å². The van der Waals surface area contributed by atoms with Crippen molar-refractivity contribution >= 4 is 11.3 Å². The first-order valence-corrected chi connectivity index (χ1v) is 7.30. The Morgan fingerprint density at radius 2 is 1.75 bits per heavy atom. The standard InChI is InChI=1S/C17H15NOS/c1-19-15-9-7-14(8-10-15)17-18-12-16(20-17)11-13-5-3-2-4-6-13/h2-10,12H,11H2,1H3. The number of hydrogen-bond acceptors (Lipinski definition) is 3. The van der Waals surface area contributed by atoms with Crippen LogP contribution in [0.1, 0.15) is 10.4 Å². The second-order valence-corrected chi connectivity index (χ2v) is 5.64. The number of nitrogens with zero attached hydrogens (tertiary/aromatic N) is 1. The lowest BCUT2D eigenvalue weighted by molar-refractivity contribution is 0.415. The highest BCUT2D eigenvalue weighted by molar-refractivity contribution is 7.15. The molecule has 3 heteroatoms. The van der Waals surface area contributed by atoms with Gasteiger partial charge in [-0.1, -0.05) is 30.3 Å². The van der Waals surface area contributed by atoms with E-state index in [1.165, 1.54) is 10.4 Å². The summed E-state index contributed by atoms with van der Waals surface area (Å²) in [6, 6.07) is 18.5. The zero-order valence-corrected chi connectivity index (χ0v) is 12.1. The molecule has 0 amide bonds. The molecule has 0 aliphatic heterocycles. The van der Waals surface area contributed by atoms with Crippen molar-refractivity contribution in [1.29, 1.82) is 0 Å². The van der Waals surface area contributed by atoms with E-state index in [0.29, 0.717) is 0 Å². The van der Waals surface area contributed by atoms with Crippen LogP contribution in [0.25, 0.3) is 10.6 Å². The predicted molar refractivity (Wildman–Crippen MR) is 83.4 cm³/mol. The van der Waals surface area contributed by atoms with E-state index in [-0.39, 0.29) is 0 Å². The third-order valence-electron chi connectivity index (χ3n) is 3.11. The molecule has 0 fully saturated rings. The Bertz CT molecular complexity index is 674. The van der Waals surface area contributed by atoms with E-state index in [2.05, 4.69) is 29.2 Å². The van der Waals surface area contributed by atoms with Crippen molar-refractivity contribution in [2.45, 2.75) is 6.42 Å². The van der Waals surface area contributed by atoms with Gasteiger partial charge in [0, 0.05) is 23.1 Å². The van der Waals surface area contributed by atoms with Crippen LogP contribution in [-0.4, -0.2) is 12.1 Å². The van der Waals surface area contributed by atoms with Crippen LogP contribution in [0.4, 0.5) is 0 Å². The summed E-state index contributed by atoms with van der Waals surface area (Å²) in [7, 11) is 1.68. The number of methoxy groups -OCH3 is 1. The molecular formula is C17H15NOS. The molecular weight excluding hydrogens is 266 g/mol. The number of aromatic nitrogens is 1. The summed E-state index contributed by atoms with van der Waals surface area (Å²) >= 11 is 1.74. The molecule has 0 atom stereocenters. The van der Waals surface area contributed by atoms with Crippen molar-refractivity contribution in [2.75, 3.05) is 7.11 Å². The molecule has 0 spiro atoms. The molecule has 0 saturated carbocycles. The lowest BCUT2D eigenvalue weighted by atomic mass is 10.1. The normalized spacial score (nSPS) is 10.4. The first kappa shape index (κ1) is 12.9. The van der Waals surface area contributed by atoms with Crippen LogP contribution < -0.4 is 4.74 Å². The summed E-state index contributed by atoms with van der Waals surface area (Å²) in [5.41, 5.74) is 2.45. The fraction of sp³-hybridized carbons (Fsp3) is 0.118. The fourth-order valence-electron chi connectivity index (χ4n) is 2.05.